The van der Waals surface area contributed by atoms with Gasteiger partial charge in [-0.2, -0.15) is 13.2 Å². The van der Waals surface area contributed by atoms with Crippen molar-refractivity contribution in [1.82, 2.24) is 15.3 Å². The largest absolute Gasteiger partial charge is 0.416 e. The second-order valence-corrected chi connectivity index (χ2v) is 8.72. The molecule has 3 aromatic rings. The van der Waals surface area contributed by atoms with Crippen LogP contribution in [-0.2, 0) is 6.18 Å². The lowest BCUT2D eigenvalue weighted by Crippen LogP contribution is -2.45. The lowest BCUT2D eigenvalue weighted by atomic mass is 10.2. The number of aromatic nitrogens is 2. The number of benzene rings is 1. The summed E-state index contributed by atoms with van der Waals surface area (Å²) in [6, 6.07) is 7.70. The zero-order valence-electron chi connectivity index (χ0n) is 17.3. The fourth-order valence-electron chi connectivity index (χ4n) is 2.73. The standard InChI is InChI=1S/C21H22F3N5OS/c1-29(2,3)11-10-26-19(30)28(17-8-4-7-16(12-17)21(22,23)24)20-27-18(14-31-20)15-6-5-9-25-13-15/h4-9,12-14H,10-11H2,1-3H3/p+1. The minimum Gasteiger partial charge on any atom is -0.332 e. The Balaban J connectivity index is 1.95. The molecule has 2 aromatic heterocycles. The van der Waals surface area contributed by atoms with Crippen LogP contribution in [0.3, 0.4) is 0 Å². The fourth-order valence-corrected chi connectivity index (χ4v) is 3.58. The van der Waals surface area contributed by atoms with Crippen LogP contribution in [0, 0.1) is 0 Å². The van der Waals surface area contributed by atoms with Crippen molar-refractivity contribution >= 4 is 28.2 Å². The summed E-state index contributed by atoms with van der Waals surface area (Å²) in [6.07, 6.45) is -1.26. The average molecular weight is 451 g/mol. The maximum atomic E-state index is 13.3. The Bertz CT molecular complexity index is 1030. The lowest BCUT2D eigenvalue weighted by molar-refractivity contribution is -0.869. The van der Waals surface area contributed by atoms with Crippen LogP contribution >= 0.6 is 11.3 Å². The number of likely N-dealkylation sites (N-methyl/N-ethyl adjacent to an activating group) is 1. The zero-order valence-corrected chi connectivity index (χ0v) is 18.2. The number of hydrogen-bond acceptors (Lipinski definition) is 4. The topological polar surface area (TPSA) is 58.1 Å². The molecular formula is C21H23F3N5OS+. The molecule has 1 aromatic carbocycles. The van der Waals surface area contributed by atoms with Gasteiger partial charge in [-0.3, -0.25) is 4.98 Å². The molecule has 0 spiro atoms. The van der Waals surface area contributed by atoms with Crippen molar-refractivity contribution in [3.8, 4) is 11.3 Å². The minimum atomic E-state index is -4.52. The number of halogens is 3. The number of amides is 2. The Morgan fingerprint density at radius 2 is 1.97 bits per heavy atom. The first kappa shape index (κ1) is 22.7. The Labute approximate surface area is 182 Å². The number of carbonyl (C=O) groups excluding carboxylic acids is 1. The second kappa shape index (κ2) is 9.03. The maximum absolute atomic E-state index is 13.3. The molecule has 0 saturated carbocycles. The van der Waals surface area contributed by atoms with Crippen molar-refractivity contribution in [1.29, 1.82) is 0 Å². The predicted molar refractivity (Wildman–Crippen MR) is 115 cm³/mol. The maximum Gasteiger partial charge on any atom is 0.416 e. The van der Waals surface area contributed by atoms with E-state index < -0.39 is 17.8 Å². The van der Waals surface area contributed by atoms with E-state index in [1.54, 1.807) is 23.8 Å². The van der Waals surface area contributed by atoms with E-state index in [2.05, 4.69) is 15.3 Å². The van der Waals surface area contributed by atoms with E-state index in [0.29, 0.717) is 23.3 Å². The number of hydrogen-bond donors (Lipinski definition) is 1. The molecule has 3 rings (SSSR count). The molecule has 0 aliphatic heterocycles. The summed E-state index contributed by atoms with van der Waals surface area (Å²) < 4.78 is 40.4. The van der Waals surface area contributed by atoms with Crippen LogP contribution < -0.4 is 10.2 Å². The number of rotatable bonds is 6. The zero-order chi connectivity index (χ0) is 22.6. The number of urea groups is 1. The molecule has 6 nitrogen and oxygen atoms in total. The van der Waals surface area contributed by atoms with Gasteiger partial charge in [0.2, 0.25) is 0 Å². The van der Waals surface area contributed by atoms with Gasteiger partial charge in [-0.25, -0.2) is 14.7 Å². The van der Waals surface area contributed by atoms with Crippen molar-refractivity contribution in [3.05, 3.63) is 59.7 Å². The molecule has 0 bridgehead atoms. The van der Waals surface area contributed by atoms with E-state index in [0.717, 1.165) is 17.7 Å². The molecule has 0 unspecified atom stereocenters. The van der Waals surface area contributed by atoms with Crippen LogP contribution in [0.2, 0.25) is 0 Å². The van der Waals surface area contributed by atoms with Crippen LogP contribution in [0.25, 0.3) is 11.3 Å². The number of carbonyl (C=O) groups is 1. The lowest BCUT2D eigenvalue weighted by Gasteiger charge is -2.25. The van der Waals surface area contributed by atoms with Crippen molar-refractivity contribution in [2.75, 3.05) is 39.1 Å². The smallest absolute Gasteiger partial charge is 0.332 e. The molecule has 0 atom stereocenters. The van der Waals surface area contributed by atoms with Crippen molar-refractivity contribution in [2.24, 2.45) is 0 Å². The van der Waals surface area contributed by atoms with E-state index in [-0.39, 0.29) is 10.8 Å². The molecular weight excluding hydrogens is 427 g/mol. The van der Waals surface area contributed by atoms with Crippen LogP contribution in [0.1, 0.15) is 5.56 Å². The molecule has 2 amide bonds. The molecule has 0 radical (unpaired) electrons. The number of nitrogens with one attached hydrogen (secondary N) is 1. The fraction of sp³-hybridized carbons (Fsp3) is 0.286. The number of quaternary nitrogens is 1. The number of alkyl halides is 3. The number of pyridine rings is 1. The first-order valence-corrected chi connectivity index (χ1v) is 10.3. The normalized spacial score (nSPS) is 11.9. The SMILES string of the molecule is C[N+](C)(C)CCNC(=O)N(c1cccc(C(F)(F)F)c1)c1nc(-c2cccnc2)cs1. The summed E-state index contributed by atoms with van der Waals surface area (Å²) in [5.41, 5.74) is 0.589. The Kier molecular flexibility index (Phi) is 6.61. The molecule has 0 saturated heterocycles. The van der Waals surface area contributed by atoms with E-state index in [4.69, 9.17) is 0 Å². The van der Waals surface area contributed by atoms with Gasteiger partial charge in [0, 0.05) is 23.3 Å². The quantitative estimate of drug-likeness (QED) is 0.550. The van der Waals surface area contributed by atoms with Gasteiger partial charge < -0.3 is 9.80 Å². The third-order valence-electron chi connectivity index (χ3n) is 4.33. The number of anilines is 2. The number of thiazole rings is 1. The Morgan fingerprint density at radius 1 is 1.19 bits per heavy atom. The highest BCUT2D eigenvalue weighted by Gasteiger charge is 2.32. The van der Waals surface area contributed by atoms with Crippen LogP contribution in [0.5, 0.6) is 0 Å². The molecule has 0 aliphatic rings. The van der Waals surface area contributed by atoms with Gasteiger partial charge in [0.25, 0.3) is 0 Å². The van der Waals surface area contributed by atoms with Crippen LogP contribution in [0.15, 0.2) is 54.2 Å². The van der Waals surface area contributed by atoms with E-state index in [1.807, 2.05) is 27.2 Å². The van der Waals surface area contributed by atoms with Gasteiger partial charge in [0.15, 0.2) is 5.13 Å². The van der Waals surface area contributed by atoms with Crippen LogP contribution in [0.4, 0.5) is 28.8 Å². The highest BCUT2D eigenvalue weighted by molar-refractivity contribution is 7.14. The van der Waals surface area contributed by atoms with E-state index in [1.165, 1.54) is 28.4 Å². The Morgan fingerprint density at radius 3 is 2.61 bits per heavy atom. The van der Waals surface area contributed by atoms with Crippen molar-refractivity contribution in [2.45, 2.75) is 6.18 Å². The minimum absolute atomic E-state index is 0.0876. The van der Waals surface area contributed by atoms with Gasteiger partial charge in [-0.05, 0) is 30.3 Å². The number of nitrogens with zero attached hydrogens (tertiary/aromatic N) is 4. The average Bonchev–Trinajstić information content (AvgIpc) is 3.17. The summed E-state index contributed by atoms with van der Waals surface area (Å²) in [6.45, 7) is 1.01. The van der Waals surface area contributed by atoms with Gasteiger partial charge in [0.05, 0.1) is 51.2 Å². The Hall–Kier alpha value is -2.98. The van der Waals surface area contributed by atoms with Gasteiger partial charge in [0.1, 0.15) is 0 Å². The molecule has 31 heavy (non-hydrogen) atoms. The van der Waals surface area contributed by atoms with Gasteiger partial charge >= 0.3 is 12.2 Å². The molecule has 0 aliphatic carbocycles. The first-order valence-electron chi connectivity index (χ1n) is 9.46. The van der Waals surface area contributed by atoms with Gasteiger partial charge in [-0.1, -0.05) is 6.07 Å². The van der Waals surface area contributed by atoms with Crippen molar-refractivity contribution in [3.63, 3.8) is 0 Å². The molecule has 10 heteroatoms. The van der Waals surface area contributed by atoms with Crippen LogP contribution in [-0.4, -0.2) is 54.7 Å². The summed E-state index contributed by atoms with van der Waals surface area (Å²) >= 11 is 1.17. The summed E-state index contributed by atoms with van der Waals surface area (Å²) in [5.74, 6) is 0. The second-order valence-electron chi connectivity index (χ2n) is 7.89. The van der Waals surface area contributed by atoms with Crippen molar-refractivity contribution < 1.29 is 22.4 Å². The molecule has 1 N–H and O–H groups in total. The molecule has 164 valence electrons. The summed E-state index contributed by atoms with van der Waals surface area (Å²) in [4.78, 5) is 22.7. The third-order valence-corrected chi connectivity index (χ3v) is 5.16. The summed E-state index contributed by atoms with van der Waals surface area (Å²) in [7, 11) is 5.95. The highest BCUT2D eigenvalue weighted by Crippen LogP contribution is 2.36. The first-order chi connectivity index (χ1) is 14.5. The van der Waals surface area contributed by atoms with E-state index in [9.17, 15) is 18.0 Å². The monoisotopic (exact) mass is 450 g/mol. The predicted octanol–water partition coefficient (Wildman–Crippen LogP) is 4.78. The van der Waals surface area contributed by atoms with Gasteiger partial charge in [-0.15, -0.1) is 11.3 Å². The molecule has 0 fully saturated rings. The highest BCUT2D eigenvalue weighted by atomic mass is 32.1. The summed E-state index contributed by atoms with van der Waals surface area (Å²) in [5, 5.41) is 4.80. The van der Waals surface area contributed by atoms with E-state index >= 15 is 0 Å². The molecule has 2 heterocycles. The third kappa shape index (κ3) is 6.02.